The Labute approximate surface area is 80.8 Å². The number of halogens is 1. The van der Waals surface area contributed by atoms with Crippen LogP contribution in [0.5, 0.6) is 0 Å². The zero-order valence-corrected chi connectivity index (χ0v) is 9.03. The number of rotatable bonds is 5. The Morgan fingerprint density at radius 1 is 1.25 bits per heavy atom. The lowest BCUT2D eigenvalue weighted by atomic mass is 10.2. The quantitative estimate of drug-likeness (QED) is 0.365. The highest BCUT2D eigenvalue weighted by Crippen LogP contribution is 2.07. The molecule has 0 aromatic heterocycles. The normalized spacial score (nSPS) is 12.3. The first-order valence-corrected chi connectivity index (χ1v) is 4.98. The van der Waals surface area contributed by atoms with E-state index in [1.165, 1.54) is 0 Å². The molecule has 0 heterocycles. The van der Waals surface area contributed by atoms with Crippen molar-refractivity contribution in [2.75, 3.05) is 5.88 Å². The van der Waals surface area contributed by atoms with Crippen LogP contribution in [0.25, 0.3) is 0 Å². The van der Waals surface area contributed by atoms with Gasteiger partial charge in [0, 0.05) is 5.88 Å². The lowest BCUT2D eigenvalue weighted by Crippen LogP contribution is -2.15. The van der Waals surface area contributed by atoms with Crippen LogP contribution < -0.4 is 0 Å². The standard InChI is InChI=1S/C10H19ClO/c1-10(2,3)12-9-7-5-4-6-8-11/h7,9H,4-6,8H2,1-3H3/b9-7+. The van der Waals surface area contributed by atoms with E-state index in [9.17, 15) is 0 Å². The van der Waals surface area contributed by atoms with Gasteiger partial charge in [-0.05, 0) is 46.1 Å². The Bertz CT molecular complexity index is 124. The molecule has 0 radical (unpaired) electrons. The fourth-order valence-corrected chi connectivity index (χ4v) is 0.866. The van der Waals surface area contributed by atoms with Gasteiger partial charge in [-0.15, -0.1) is 11.6 Å². The lowest BCUT2D eigenvalue weighted by Gasteiger charge is -2.17. The SMILES string of the molecule is CC(C)(C)O/C=C/CCCCCl. The monoisotopic (exact) mass is 190 g/mol. The van der Waals surface area contributed by atoms with Gasteiger partial charge in [0.05, 0.1) is 11.9 Å². The molecule has 72 valence electrons. The van der Waals surface area contributed by atoms with Gasteiger partial charge in [0.1, 0.15) is 0 Å². The third kappa shape index (κ3) is 9.83. The average molecular weight is 191 g/mol. The molecule has 0 aliphatic carbocycles. The zero-order chi connectivity index (χ0) is 9.45. The Morgan fingerprint density at radius 2 is 1.92 bits per heavy atom. The highest BCUT2D eigenvalue weighted by molar-refractivity contribution is 6.17. The minimum atomic E-state index is -0.0665. The maximum atomic E-state index is 5.53. The molecule has 0 unspecified atom stereocenters. The molecule has 1 nitrogen and oxygen atoms in total. The maximum Gasteiger partial charge on any atom is 0.0998 e. The summed E-state index contributed by atoms with van der Waals surface area (Å²) in [4.78, 5) is 0. The summed E-state index contributed by atoms with van der Waals surface area (Å²) in [6.45, 7) is 6.11. The molecule has 0 spiro atoms. The molecule has 0 atom stereocenters. The molecule has 0 saturated carbocycles. The third-order valence-corrected chi connectivity index (χ3v) is 1.54. The molecule has 0 N–H and O–H groups in total. The Morgan fingerprint density at radius 3 is 2.42 bits per heavy atom. The number of allylic oxidation sites excluding steroid dienone is 1. The molecule has 0 aliphatic rings. The van der Waals surface area contributed by atoms with Crippen molar-refractivity contribution in [3.8, 4) is 0 Å². The second-order valence-electron chi connectivity index (χ2n) is 3.79. The van der Waals surface area contributed by atoms with Crippen LogP contribution in [-0.2, 0) is 4.74 Å². The largest absolute Gasteiger partial charge is 0.496 e. The Balaban J connectivity index is 3.26. The summed E-state index contributed by atoms with van der Waals surface area (Å²) in [5.41, 5.74) is -0.0665. The lowest BCUT2D eigenvalue weighted by molar-refractivity contribution is 0.0761. The number of hydrogen-bond acceptors (Lipinski definition) is 1. The van der Waals surface area contributed by atoms with Crippen LogP contribution in [0, 0.1) is 0 Å². The summed E-state index contributed by atoms with van der Waals surface area (Å²) >= 11 is 5.53. The summed E-state index contributed by atoms with van der Waals surface area (Å²) < 4.78 is 5.40. The molecule has 0 aliphatic heterocycles. The molecule has 12 heavy (non-hydrogen) atoms. The van der Waals surface area contributed by atoms with E-state index < -0.39 is 0 Å². The summed E-state index contributed by atoms with van der Waals surface area (Å²) in [5.74, 6) is 0.758. The van der Waals surface area contributed by atoms with Crippen molar-refractivity contribution < 1.29 is 4.74 Å². The molecule has 0 saturated heterocycles. The molecule has 0 amide bonds. The van der Waals surface area contributed by atoms with E-state index >= 15 is 0 Å². The molecular formula is C10H19ClO. The number of alkyl halides is 1. The predicted molar refractivity (Wildman–Crippen MR) is 54.5 cm³/mol. The van der Waals surface area contributed by atoms with Crippen molar-refractivity contribution in [1.82, 2.24) is 0 Å². The first kappa shape index (κ1) is 11.8. The highest BCUT2D eigenvalue weighted by atomic mass is 35.5. The van der Waals surface area contributed by atoms with E-state index in [4.69, 9.17) is 16.3 Å². The van der Waals surface area contributed by atoms with E-state index in [-0.39, 0.29) is 5.60 Å². The summed E-state index contributed by atoms with van der Waals surface area (Å²) in [7, 11) is 0. The number of unbranched alkanes of at least 4 members (excludes halogenated alkanes) is 2. The molecule has 0 fully saturated rings. The zero-order valence-electron chi connectivity index (χ0n) is 8.27. The second kappa shape index (κ2) is 6.36. The van der Waals surface area contributed by atoms with Crippen LogP contribution >= 0.6 is 11.6 Å². The third-order valence-electron chi connectivity index (χ3n) is 1.27. The van der Waals surface area contributed by atoms with Crippen molar-refractivity contribution in [3.05, 3.63) is 12.3 Å². The van der Waals surface area contributed by atoms with Gasteiger partial charge in [-0.1, -0.05) is 0 Å². The van der Waals surface area contributed by atoms with Crippen molar-refractivity contribution in [2.24, 2.45) is 0 Å². The highest BCUT2D eigenvalue weighted by Gasteiger charge is 2.06. The van der Waals surface area contributed by atoms with Crippen molar-refractivity contribution in [2.45, 2.75) is 45.6 Å². The van der Waals surface area contributed by atoms with Gasteiger partial charge in [0.15, 0.2) is 0 Å². The first-order chi connectivity index (χ1) is 5.56. The fourth-order valence-electron chi connectivity index (χ4n) is 0.677. The average Bonchev–Trinajstić information content (AvgIpc) is 1.94. The van der Waals surface area contributed by atoms with Crippen molar-refractivity contribution in [3.63, 3.8) is 0 Å². The summed E-state index contributed by atoms with van der Waals surface area (Å²) in [5, 5.41) is 0. The van der Waals surface area contributed by atoms with Crippen LogP contribution in [0.4, 0.5) is 0 Å². The van der Waals surface area contributed by atoms with Crippen LogP contribution in [0.15, 0.2) is 12.3 Å². The van der Waals surface area contributed by atoms with Gasteiger partial charge in [-0.2, -0.15) is 0 Å². The van der Waals surface area contributed by atoms with Gasteiger partial charge in [0.25, 0.3) is 0 Å². The smallest absolute Gasteiger partial charge is 0.0998 e. The number of ether oxygens (including phenoxy) is 1. The van der Waals surface area contributed by atoms with E-state index in [0.717, 1.165) is 25.1 Å². The van der Waals surface area contributed by atoms with E-state index in [1.807, 2.05) is 20.8 Å². The first-order valence-electron chi connectivity index (χ1n) is 4.45. The van der Waals surface area contributed by atoms with Crippen LogP contribution in [0.3, 0.4) is 0 Å². The Kier molecular flexibility index (Phi) is 6.27. The van der Waals surface area contributed by atoms with Crippen molar-refractivity contribution in [1.29, 1.82) is 0 Å². The topological polar surface area (TPSA) is 9.23 Å². The van der Waals surface area contributed by atoms with Gasteiger partial charge in [-0.3, -0.25) is 0 Å². The predicted octanol–water partition coefficient (Wildman–Crippen LogP) is 3.72. The molecule has 0 rings (SSSR count). The molecule has 0 aromatic rings. The van der Waals surface area contributed by atoms with Crippen LogP contribution in [-0.4, -0.2) is 11.5 Å². The van der Waals surface area contributed by atoms with Crippen molar-refractivity contribution >= 4 is 11.6 Å². The molecule has 2 heteroatoms. The van der Waals surface area contributed by atoms with E-state index in [1.54, 1.807) is 6.26 Å². The van der Waals surface area contributed by atoms with Gasteiger partial charge in [-0.25, -0.2) is 0 Å². The summed E-state index contributed by atoms with van der Waals surface area (Å²) in [6.07, 6.45) is 7.13. The Hall–Kier alpha value is -0.170. The maximum absolute atomic E-state index is 5.53. The molecule has 0 aromatic carbocycles. The minimum absolute atomic E-state index is 0.0665. The van der Waals surface area contributed by atoms with Gasteiger partial charge >= 0.3 is 0 Å². The van der Waals surface area contributed by atoms with Gasteiger partial charge in [0.2, 0.25) is 0 Å². The molecular weight excluding hydrogens is 172 g/mol. The number of hydrogen-bond donors (Lipinski definition) is 0. The van der Waals surface area contributed by atoms with Crippen LogP contribution in [0.2, 0.25) is 0 Å². The van der Waals surface area contributed by atoms with Crippen LogP contribution in [0.1, 0.15) is 40.0 Å². The fraction of sp³-hybridized carbons (Fsp3) is 0.800. The van der Waals surface area contributed by atoms with E-state index in [2.05, 4.69) is 6.08 Å². The van der Waals surface area contributed by atoms with Gasteiger partial charge < -0.3 is 4.74 Å². The minimum Gasteiger partial charge on any atom is -0.496 e. The second-order valence-corrected chi connectivity index (χ2v) is 4.16. The van der Waals surface area contributed by atoms with E-state index in [0.29, 0.717) is 0 Å². The summed E-state index contributed by atoms with van der Waals surface area (Å²) in [6, 6.07) is 0. The molecule has 0 bridgehead atoms.